The van der Waals surface area contributed by atoms with Crippen molar-refractivity contribution >= 4 is 86.1 Å². The molecule has 0 saturated carbocycles. The van der Waals surface area contributed by atoms with Gasteiger partial charge in [0.2, 0.25) is 0 Å². The molecule has 0 aliphatic heterocycles. The van der Waals surface area contributed by atoms with E-state index in [0.29, 0.717) is 10.8 Å². The van der Waals surface area contributed by atoms with Gasteiger partial charge in [0.25, 0.3) is 0 Å². The van der Waals surface area contributed by atoms with Gasteiger partial charge in [-0.1, -0.05) is 144 Å². The predicted molar refractivity (Wildman–Crippen MR) is 198 cm³/mol. The van der Waals surface area contributed by atoms with Crippen LogP contribution in [0.4, 0.5) is 22.7 Å². The number of fused-ring (bicyclic) bond motifs is 4. The number of rotatable bonds is 6. The Morgan fingerprint density at radius 3 is 0.949 bits per heavy atom. The van der Waals surface area contributed by atoms with Crippen LogP contribution in [0.15, 0.2) is 164 Å². The van der Waals surface area contributed by atoms with E-state index in [-0.39, 0.29) is 132 Å². The minimum atomic E-state index is -4.84. The van der Waals surface area contributed by atoms with Crippen LogP contribution >= 0.6 is 0 Å². The quantitative estimate of drug-likeness (QED) is 0.130. The summed E-state index contributed by atoms with van der Waals surface area (Å²) in [5.41, 5.74) is -0.144. The summed E-state index contributed by atoms with van der Waals surface area (Å²) in [6.07, 6.45) is 0. The van der Waals surface area contributed by atoms with Crippen LogP contribution in [0.3, 0.4) is 0 Å². The maximum atomic E-state index is 12.4. The molecule has 1 radical (unpaired) electrons. The van der Waals surface area contributed by atoms with Gasteiger partial charge in [0.1, 0.15) is 20.2 Å². The summed E-state index contributed by atoms with van der Waals surface area (Å²) in [7, 11) is -9.69. The van der Waals surface area contributed by atoms with Gasteiger partial charge in [0.15, 0.2) is 0 Å². The molecule has 8 aromatic carbocycles. The van der Waals surface area contributed by atoms with Crippen LogP contribution in [0.25, 0.3) is 43.1 Å². The van der Waals surface area contributed by atoms with Gasteiger partial charge >= 0.3 is 76.5 Å². The smallest absolute Gasteiger partial charge is 0.871 e. The molecule has 8 aromatic rings. The van der Waals surface area contributed by atoms with Gasteiger partial charge in [-0.3, -0.25) is 0 Å². The molecule has 0 aliphatic rings. The van der Waals surface area contributed by atoms with Gasteiger partial charge in [-0.15, -0.1) is 0 Å². The molecule has 0 spiro atoms. The fraction of sp³-hybridized carbons (Fsp3) is 0. The Morgan fingerprint density at radius 1 is 0.356 bits per heavy atom. The first-order chi connectivity index (χ1) is 26.7. The molecule has 59 heavy (non-hydrogen) atoms. The average molecular weight is 881 g/mol. The summed E-state index contributed by atoms with van der Waals surface area (Å²) in [5.74, 6) is -2.27. The summed E-state index contributed by atoms with van der Waals surface area (Å²) in [4.78, 5) is -1.22. The second kappa shape index (κ2) is 19.3. The SMILES string of the molecule is O=S(=O)([O-])c1cc([O-])c(N=Nc2c([O-])ccc3ccccc23)c2ccccc12.O=S(=O)([O-])c1cc([O-])c(N=Nc2c([O-])ccc3ccccc23)c2ccccc12.[Cr+3].[Na+].[Na+]. The van der Waals surface area contributed by atoms with E-state index in [0.717, 1.165) is 22.9 Å². The zero-order chi connectivity index (χ0) is 39.8. The van der Waals surface area contributed by atoms with Crippen molar-refractivity contribution in [2.75, 3.05) is 0 Å². The Kier molecular flexibility index (Phi) is 15.4. The third-order valence-electron chi connectivity index (χ3n) is 8.65. The molecule has 8 rings (SSSR count). The summed E-state index contributed by atoms with van der Waals surface area (Å²) < 4.78 is 68.9. The fourth-order valence-corrected chi connectivity index (χ4v) is 7.50. The van der Waals surface area contributed by atoms with E-state index in [4.69, 9.17) is 0 Å². The van der Waals surface area contributed by atoms with E-state index < -0.39 is 41.5 Å². The Morgan fingerprint density at radius 2 is 0.627 bits per heavy atom. The molecule has 0 fully saturated rings. The summed E-state index contributed by atoms with van der Waals surface area (Å²) >= 11 is 0. The molecular formula is C40H22CrN4Na2O10S2-. The molecule has 0 aromatic heterocycles. The minimum absolute atomic E-state index is 0. The van der Waals surface area contributed by atoms with Crippen LogP contribution in [0.5, 0.6) is 23.0 Å². The van der Waals surface area contributed by atoms with Crippen molar-refractivity contribution < 1.29 is 123 Å². The van der Waals surface area contributed by atoms with E-state index in [1.54, 1.807) is 60.7 Å². The van der Waals surface area contributed by atoms with E-state index in [2.05, 4.69) is 20.5 Å². The van der Waals surface area contributed by atoms with Crippen LogP contribution in [-0.4, -0.2) is 25.9 Å². The number of hydrogen-bond acceptors (Lipinski definition) is 14. The Labute approximate surface area is 391 Å². The fourth-order valence-electron chi connectivity index (χ4n) is 6.10. The molecule has 19 heteroatoms. The molecule has 14 nitrogen and oxygen atoms in total. The van der Waals surface area contributed by atoms with Gasteiger partial charge < -0.3 is 29.5 Å². The van der Waals surface area contributed by atoms with E-state index >= 15 is 0 Å². The average Bonchev–Trinajstić information content (AvgIpc) is 3.17. The van der Waals surface area contributed by atoms with Gasteiger partial charge in [-0.05, 0) is 22.9 Å². The summed E-state index contributed by atoms with van der Waals surface area (Å²) in [6, 6.07) is 33.8. The number of benzene rings is 8. The second-order valence-electron chi connectivity index (χ2n) is 12.1. The van der Waals surface area contributed by atoms with Crippen LogP contribution < -0.4 is 79.5 Å². The largest absolute Gasteiger partial charge is 3.00 e. The van der Waals surface area contributed by atoms with Gasteiger partial charge in [-0.25, -0.2) is 16.8 Å². The first-order valence-corrected chi connectivity index (χ1v) is 19.1. The van der Waals surface area contributed by atoms with E-state index in [9.17, 15) is 46.4 Å². The zero-order valence-electron chi connectivity index (χ0n) is 30.8. The minimum Gasteiger partial charge on any atom is -0.871 e. The Hall–Kier alpha value is -4.45. The van der Waals surface area contributed by atoms with Gasteiger partial charge in [0.05, 0.1) is 32.5 Å². The summed E-state index contributed by atoms with van der Waals surface area (Å²) in [5, 5.41) is 68.5. The van der Waals surface area contributed by atoms with Crippen molar-refractivity contribution in [2.24, 2.45) is 20.5 Å². The van der Waals surface area contributed by atoms with Crippen molar-refractivity contribution in [1.29, 1.82) is 0 Å². The summed E-state index contributed by atoms with van der Waals surface area (Å²) in [6.45, 7) is 0. The first kappa shape index (κ1) is 47.2. The number of azo groups is 2. The zero-order valence-corrected chi connectivity index (χ0v) is 37.7. The molecule has 0 N–H and O–H groups in total. The molecule has 0 bridgehead atoms. The van der Waals surface area contributed by atoms with Crippen LogP contribution in [-0.2, 0) is 37.6 Å². The monoisotopic (exact) mass is 880 g/mol. The first-order valence-electron chi connectivity index (χ1n) is 16.3. The Bertz CT molecular complexity index is 2960. The predicted octanol–water partition coefficient (Wildman–Crippen LogP) is 0.925. The van der Waals surface area contributed by atoms with E-state index in [1.807, 2.05) is 24.3 Å². The maximum absolute atomic E-state index is 12.4. The molecular weight excluding hydrogens is 859 g/mol. The molecule has 283 valence electrons. The van der Waals surface area contributed by atoms with Crippen LogP contribution in [0.2, 0.25) is 0 Å². The van der Waals surface area contributed by atoms with Crippen LogP contribution in [0.1, 0.15) is 0 Å². The maximum Gasteiger partial charge on any atom is 3.00 e. The third-order valence-corrected chi connectivity index (χ3v) is 10.4. The van der Waals surface area contributed by atoms with Crippen molar-refractivity contribution in [2.45, 2.75) is 9.79 Å². The van der Waals surface area contributed by atoms with E-state index in [1.165, 1.54) is 36.4 Å². The standard InChI is InChI=1S/2C20H14N2O5S.Cr.2Na/c2*23-16-10-9-12-5-1-2-6-13(12)19(16)21-22-20-15-8-4-3-7-14(15)18(11-17(20)24)28(25,26)27;;;/h2*1-11,23-24H,(H,25,26,27);;;/q;;+3;2*+1/p-6. The van der Waals surface area contributed by atoms with Gasteiger partial charge in [0, 0.05) is 32.3 Å². The van der Waals surface area contributed by atoms with Gasteiger partial charge in [-0.2, -0.15) is 20.5 Å². The molecule has 0 atom stereocenters. The van der Waals surface area contributed by atoms with Crippen molar-refractivity contribution in [3.05, 3.63) is 133 Å². The molecule has 0 aliphatic carbocycles. The number of nitrogens with zero attached hydrogens (tertiary/aromatic N) is 4. The van der Waals surface area contributed by atoms with Crippen molar-refractivity contribution in [3.8, 4) is 23.0 Å². The molecule has 0 heterocycles. The normalized spacial score (nSPS) is 11.6. The van der Waals surface area contributed by atoms with Crippen molar-refractivity contribution in [1.82, 2.24) is 0 Å². The molecule has 0 unspecified atom stereocenters. The molecule has 0 amide bonds. The third kappa shape index (κ3) is 9.96. The second-order valence-corrected chi connectivity index (χ2v) is 14.8. The van der Waals surface area contributed by atoms with Crippen LogP contribution in [0, 0.1) is 0 Å². The topological polar surface area (TPSA) is 256 Å². The molecule has 0 saturated heterocycles. The van der Waals surface area contributed by atoms with Crippen molar-refractivity contribution in [3.63, 3.8) is 0 Å². The number of hydrogen-bond donors (Lipinski definition) is 0. The Balaban J connectivity index is 0.000000248.